The van der Waals surface area contributed by atoms with E-state index in [1.54, 1.807) is 0 Å². The second-order valence-corrected chi connectivity index (χ2v) is 4.49. The van der Waals surface area contributed by atoms with Gasteiger partial charge in [-0.25, -0.2) is 0 Å². The van der Waals surface area contributed by atoms with Crippen molar-refractivity contribution in [3.05, 3.63) is 0 Å². The van der Waals surface area contributed by atoms with Crippen molar-refractivity contribution in [3.8, 4) is 0 Å². The van der Waals surface area contributed by atoms with Crippen LogP contribution < -0.4 is 5.32 Å². The normalized spacial score (nSPS) is 22.6. The van der Waals surface area contributed by atoms with E-state index in [9.17, 15) is 18.0 Å². The van der Waals surface area contributed by atoms with Crippen LogP contribution in [0.3, 0.4) is 0 Å². The van der Waals surface area contributed by atoms with E-state index in [2.05, 4.69) is 10.1 Å². The predicted octanol–water partition coefficient (Wildman–Crippen LogP) is 1.37. The predicted molar refractivity (Wildman–Crippen MR) is 59.8 cm³/mol. The van der Waals surface area contributed by atoms with E-state index in [1.165, 1.54) is 4.90 Å². The van der Waals surface area contributed by atoms with E-state index in [0.29, 0.717) is 6.67 Å². The second-order valence-electron chi connectivity index (χ2n) is 4.49. The summed E-state index contributed by atoms with van der Waals surface area (Å²) in [4.78, 5) is 13.4. The molecule has 1 aliphatic heterocycles. The van der Waals surface area contributed by atoms with Gasteiger partial charge in [-0.3, -0.25) is 10.1 Å². The van der Waals surface area contributed by atoms with Gasteiger partial charge in [0.05, 0.1) is 19.3 Å². The number of ether oxygens (including phenoxy) is 1. The maximum Gasteiger partial charge on any atom is 0.411 e. The minimum absolute atomic E-state index is 0.0556. The Labute approximate surface area is 104 Å². The topological polar surface area (TPSA) is 41.6 Å². The highest BCUT2D eigenvalue weighted by Crippen LogP contribution is 2.16. The third kappa shape index (κ3) is 4.45. The van der Waals surface area contributed by atoms with Crippen molar-refractivity contribution in [1.82, 2.24) is 10.2 Å². The molecule has 0 aromatic rings. The van der Waals surface area contributed by atoms with Gasteiger partial charge in [0.1, 0.15) is 6.61 Å². The van der Waals surface area contributed by atoms with E-state index in [1.807, 2.05) is 13.8 Å². The van der Waals surface area contributed by atoms with Gasteiger partial charge in [0.25, 0.3) is 0 Å². The molecular weight excluding hydrogens is 249 g/mol. The fraction of sp³-hybridized carbons (Fsp3) is 0.909. The lowest BCUT2D eigenvalue weighted by molar-refractivity contribution is -0.174. The van der Waals surface area contributed by atoms with E-state index in [0.717, 1.165) is 6.42 Å². The third-order valence-electron chi connectivity index (χ3n) is 3.06. The van der Waals surface area contributed by atoms with Gasteiger partial charge in [-0.15, -0.1) is 0 Å². The molecule has 2 atom stereocenters. The Balaban J connectivity index is 2.27. The lowest BCUT2D eigenvalue weighted by atomic mass is 9.99. The number of nitrogens with zero attached hydrogens (tertiary/aromatic N) is 1. The third-order valence-corrected chi connectivity index (χ3v) is 3.06. The molecule has 1 heterocycles. The number of amides is 1. The quantitative estimate of drug-likeness (QED) is 0.740. The Kier molecular flexibility index (Phi) is 5.40. The summed E-state index contributed by atoms with van der Waals surface area (Å²) in [7, 11) is 0. The molecule has 1 aliphatic rings. The lowest BCUT2D eigenvalue weighted by Gasteiger charge is -2.18. The summed E-state index contributed by atoms with van der Waals surface area (Å²) in [5, 5.41) is 3.06. The summed E-state index contributed by atoms with van der Waals surface area (Å²) in [6.07, 6.45) is -3.44. The molecule has 0 bridgehead atoms. The lowest BCUT2D eigenvalue weighted by Crippen LogP contribution is -2.36. The summed E-state index contributed by atoms with van der Waals surface area (Å²) < 4.78 is 40.0. The van der Waals surface area contributed by atoms with Crippen LogP contribution in [0.2, 0.25) is 0 Å². The highest BCUT2D eigenvalue weighted by molar-refractivity contribution is 5.84. The molecule has 1 fully saturated rings. The van der Waals surface area contributed by atoms with Crippen molar-refractivity contribution >= 4 is 5.91 Å². The summed E-state index contributed by atoms with van der Waals surface area (Å²) in [5.41, 5.74) is 0. The molecule has 18 heavy (non-hydrogen) atoms. The molecule has 2 unspecified atom stereocenters. The van der Waals surface area contributed by atoms with Crippen LogP contribution in [0.4, 0.5) is 13.2 Å². The van der Waals surface area contributed by atoms with Crippen LogP contribution in [-0.2, 0) is 9.53 Å². The van der Waals surface area contributed by atoms with Gasteiger partial charge in [-0.2, -0.15) is 13.2 Å². The number of hydrogen-bond acceptors (Lipinski definition) is 3. The zero-order valence-electron chi connectivity index (χ0n) is 10.6. The largest absolute Gasteiger partial charge is 0.411 e. The minimum atomic E-state index is -4.31. The highest BCUT2D eigenvalue weighted by Gasteiger charge is 2.34. The van der Waals surface area contributed by atoms with Crippen molar-refractivity contribution in [3.63, 3.8) is 0 Å². The van der Waals surface area contributed by atoms with E-state index in [4.69, 9.17) is 0 Å². The van der Waals surface area contributed by atoms with E-state index < -0.39 is 12.8 Å². The second kappa shape index (κ2) is 6.38. The van der Waals surface area contributed by atoms with Crippen LogP contribution in [0.15, 0.2) is 0 Å². The molecule has 1 saturated heterocycles. The number of carbonyl (C=O) groups excluding carboxylic acids is 1. The molecule has 0 spiro atoms. The van der Waals surface area contributed by atoms with Crippen LogP contribution in [0.5, 0.6) is 0 Å². The Morgan fingerprint density at radius 3 is 2.78 bits per heavy atom. The summed E-state index contributed by atoms with van der Waals surface area (Å²) in [6.45, 7) is 3.17. The Bertz CT molecular complexity index is 284. The number of hydrogen-bond donors (Lipinski definition) is 1. The molecule has 7 heteroatoms. The van der Waals surface area contributed by atoms with Gasteiger partial charge >= 0.3 is 6.18 Å². The van der Waals surface area contributed by atoms with Crippen LogP contribution in [-0.4, -0.2) is 49.5 Å². The van der Waals surface area contributed by atoms with Crippen LogP contribution in [0, 0.1) is 5.92 Å². The molecular formula is C11H19F3N2O2. The van der Waals surface area contributed by atoms with Gasteiger partial charge in [-0.05, 0) is 5.92 Å². The molecule has 1 N–H and O–H groups in total. The van der Waals surface area contributed by atoms with Crippen molar-refractivity contribution in [2.75, 3.05) is 26.4 Å². The van der Waals surface area contributed by atoms with Crippen molar-refractivity contribution in [2.45, 2.75) is 32.5 Å². The van der Waals surface area contributed by atoms with Gasteiger partial charge in [-0.1, -0.05) is 20.3 Å². The summed E-state index contributed by atoms with van der Waals surface area (Å²) in [6, 6.07) is -0.224. The van der Waals surface area contributed by atoms with Gasteiger partial charge < -0.3 is 9.64 Å². The molecule has 4 nitrogen and oxygen atoms in total. The van der Waals surface area contributed by atoms with Crippen molar-refractivity contribution in [1.29, 1.82) is 0 Å². The van der Waals surface area contributed by atoms with E-state index in [-0.39, 0.29) is 31.0 Å². The number of alkyl halides is 3. The Hall–Kier alpha value is -0.820. The average molecular weight is 268 g/mol. The summed E-state index contributed by atoms with van der Waals surface area (Å²) in [5.74, 6) is 0.165. The maximum atomic E-state index is 11.9. The number of halogens is 3. The first-order valence-electron chi connectivity index (χ1n) is 6.01. The molecule has 0 saturated carbocycles. The molecule has 0 aliphatic carbocycles. The zero-order chi connectivity index (χ0) is 13.8. The monoisotopic (exact) mass is 268 g/mol. The standard InChI is InChI=1S/C11H19F3N2O2/c1-3-8(2)9-10(17)16(7-15-9)4-5-18-6-11(12,13)14/h8-9,15H,3-7H2,1-2H3. The van der Waals surface area contributed by atoms with Gasteiger partial charge in [0.15, 0.2) is 0 Å². The van der Waals surface area contributed by atoms with Crippen LogP contribution >= 0.6 is 0 Å². The van der Waals surface area contributed by atoms with Crippen LogP contribution in [0.25, 0.3) is 0 Å². The number of nitrogens with one attached hydrogen (secondary N) is 1. The van der Waals surface area contributed by atoms with Crippen molar-refractivity contribution in [2.24, 2.45) is 5.92 Å². The molecule has 0 aromatic carbocycles. The Morgan fingerprint density at radius 1 is 1.56 bits per heavy atom. The van der Waals surface area contributed by atoms with Crippen molar-refractivity contribution < 1.29 is 22.7 Å². The first kappa shape index (κ1) is 15.2. The molecule has 106 valence electrons. The van der Waals surface area contributed by atoms with Gasteiger partial charge in [0, 0.05) is 6.54 Å². The average Bonchev–Trinajstić information content (AvgIpc) is 2.64. The zero-order valence-corrected chi connectivity index (χ0v) is 10.6. The molecule has 1 amide bonds. The fourth-order valence-corrected chi connectivity index (χ4v) is 1.80. The van der Waals surface area contributed by atoms with Gasteiger partial charge in [0.2, 0.25) is 5.91 Å². The number of rotatable bonds is 6. The minimum Gasteiger partial charge on any atom is -0.370 e. The SMILES string of the molecule is CCC(C)C1NCN(CCOCC(F)(F)F)C1=O. The van der Waals surface area contributed by atoms with Crippen LogP contribution in [0.1, 0.15) is 20.3 Å². The smallest absolute Gasteiger partial charge is 0.370 e. The first-order valence-corrected chi connectivity index (χ1v) is 6.01. The summed E-state index contributed by atoms with van der Waals surface area (Å²) >= 11 is 0. The fourth-order valence-electron chi connectivity index (χ4n) is 1.80. The van der Waals surface area contributed by atoms with E-state index >= 15 is 0 Å². The molecule has 1 rings (SSSR count). The first-order chi connectivity index (χ1) is 8.35. The highest BCUT2D eigenvalue weighted by atomic mass is 19.4. The number of carbonyl (C=O) groups is 1. The maximum absolute atomic E-state index is 11.9. The Morgan fingerprint density at radius 2 is 2.22 bits per heavy atom. The molecule has 0 radical (unpaired) electrons. The molecule has 0 aromatic heterocycles.